The van der Waals surface area contributed by atoms with Crippen LogP contribution in [0.5, 0.6) is 5.88 Å². The smallest absolute Gasteiger partial charge is 0.217 e. The standard InChI is InChI=1S/C30H28BrFN2O3/c1-34(2)14-13-30(35,27-18-19-7-4-5-10-26(19)37-27)28(20-8-6-9-23(32)16-20)24-17-21-15-22(31)11-12-25(21)33-29(24)36-3/h4-12,15-18,28,35H,13-14H2,1-3H3. The Morgan fingerprint density at radius 3 is 2.57 bits per heavy atom. The van der Waals surface area contributed by atoms with Gasteiger partial charge >= 0.3 is 0 Å². The molecule has 0 fully saturated rings. The highest BCUT2D eigenvalue weighted by molar-refractivity contribution is 9.10. The van der Waals surface area contributed by atoms with Gasteiger partial charge in [0.15, 0.2) is 0 Å². The summed E-state index contributed by atoms with van der Waals surface area (Å²) >= 11 is 3.54. The Hall–Kier alpha value is -3.26. The Kier molecular flexibility index (Phi) is 7.03. The maximum Gasteiger partial charge on any atom is 0.217 e. The van der Waals surface area contributed by atoms with Crippen LogP contribution in [0.1, 0.15) is 29.2 Å². The lowest BCUT2D eigenvalue weighted by atomic mass is 9.74. The van der Waals surface area contributed by atoms with Crippen molar-refractivity contribution in [2.24, 2.45) is 0 Å². The Labute approximate surface area is 223 Å². The number of hydrogen-bond acceptors (Lipinski definition) is 5. The van der Waals surface area contributed by atoms with Crippen LogP contribution in [0.2, 0.25) is 0 Å². The minimum Gasteiger partial charge on any atom is -0.481 e. The fourth-order valence-corrected chi connectivity index (χ4v) is 5.29. The Bertz CT molecular complexity index is 1530. The molecule has 0 aliphatic carbocycles. The van der Waals surface area contributed by atoms with E-state index < -0.39 is 17.3 Å². The monoisotopic (exact) mass is 562 g/mol. The van der Waals surface area contributed by atoms with Crippen molar-refractivity contribution in [1.82, 2.24) is 9.88 Å². The molecule has 0 radical (unpaired) electrons. The quantitative estimate of drug-likeness (QED) is 0.224. The van der Waals surface area contributed by atoms with Crippen molar-refractivity contribution >= 4 is 37.8 Å². The van der Waals surface area contributed by atoms with E-state index in [-0.39, 0.29) is 0 Å². The Morgan fingerprint density at radius 1 is 1.03 bits per heavy atom. The molecule has 5 nitrogen and oxygen atoms in total. The number of benzene rings is 3. The van der Waals surface area contributed by atoms with Gasteiger partial charge in [0.1, 0.15) is 22.8 Å². The van der Waals surface area contributed by atoms with Gasteiger partial charge in [-0.1, -0.05) is 46.3 Å². The van der Waals surface area contributed by atoms with Crippen LogP contribution in [0, 0.1) is 5.82 Å². The highest BCUT2D eigenvalue weighted by atomic mass is 79.9. The van der Waals surface area contributed by atoms with Crippen LogP contribution in [0.25, 0.3) is 21.9 Å². The van der Waals surface area contributed by atoms with Crippen molar-refractivity contribution < 1.29 is 18.7 Å². The fourth-order valence-electron chi connectivity index (χ4n) is 4.91. The first kappa shape index (κ1) is 25.4. The number of furan rings is 1. The van der Waals surface area contributed by atoms with E-state index in [0.717, 1.165) is 20.8 Å². The molecule has 3 aromatic carbocycles. The molecule has 5 aromatic rings. The van der Waals surface area contributed by atoms with Crippen molar-refractivity contribution in [3.63, 3.8) is 0 Å². The molecule has 190 valence electrons. The van der Waals surface area contributed by atoms with Crippen molar-refractivity contribution in [2.75, 3.05) is 27.7 Å². The molecule has 2 aromatic heterocycles. The van der Waals surface area contributed by atoms with Gasteiger partial charge in [0.25, 0.3) is 0 Å². The predicted molar refractivity (Wildman–Crippen MR) is 148 cm³/mol. The third-order valence-electron chi connectivity index (χ3n) is 6.73. The molecule has 2 atom stereocenters. The summed E-state index contributed by atoms with van der Waals surface area (Å²) in [6.07, 6.45) is 0.320. The molecule has 0 aliphatic rings. The normalized spacial score (nSPS) is 14.2. The summed E-state index contributed by atoms with van der Waals surface area (Å²) in [4.78, 5) is 6.76. The number of nitrogens with zero attached hydrogens (tertiary/aromatic N) is 2. The first-order valence-electron chi connectivity index (χ1n) is 12.0. The molecule has 0 bridgehead atoms. The zero-order valence-electron chi connectivity index (χ0n) is 20.9. The van der Waals surface area contributed by atoms with E-state index in [4.69, 9.17) is 14.1 Å². The molecule has 0 saturated carbocycles. The highest BCUT2D eigenvalue weighted by Crippen LogP contribution is 2.48. The maximum absolute atomic E-state index is 14.6. The second kappa shape index (κ2) is 10.2. The van der Waals surface area contributed by atoms with Crippen LogP contribution in [-0.2, 0) is 5.60 Å². The lowest BCUT2D eigenvalue weighted by molar-refractivity contribution is -0.0145. The number of halogens is 2. The predicted octanol–water partition coefficient (Wildman–Crippen LogP) is 6.86. The van der Waals surface area contributed by atoms with E-state index in [9.17, 15) is 9.50 Å². The van der Waals surface area contributed by atoms with Crippen molar-refractivity contribution in [2.45, 2.75) is 17.9 Å². The number of ether oxygens (including phenoxy) is 1. The van der Waals surface area contributed by atoms with Gasteiger partial charge in [-0.15, -0.1) is 0 Å². The number of hydrogen-bond donors (Lipinski definition) is 1. The summed E-state index contributed by atoms with van der Waals surface area (Å²) in [5, 5.41) is 14.4. The molecule has 0 aliphatic heterocycles. The van der Waals surface area contributed by atoms with Crippen molar-refractivity contribution in [3.8, 4) is 5.88 Å². The summed E-state index contributed by atoms with van der Waals surface area (Å²) in [5.74, 6) is -0.364. The molecule has 2 heterocycles. The molecule has 0 saturated heterocycles. The zero-order valence-corrected chi connectivity index (χ0v) is 22.5. The van der Waals surface area contributed by atoms with Gasteiger partial charge in [0, 0.05) is 27.4 Å². The minimum absolute atomic E-state index is 0.320. The van der Waals surface area contributed by atoms with E-state index in [2.05, 4.69) is 15.9 Å². The second-order valence-corrected chi connectivity index (χ2v) is 10.5. The van der Waals surface area contributed by atoms with E-state index >= 15 is 0 Å². The van der Waals surface area contributed by atoms with Gasteiger partial charge in [-0.2, -0.15) is 0 Å². The van der Waals surface area contributed by atoms with Gasteiger partial charge in [-0.3, -0.25) is 0 Å². The van der Waals surface area contributed by atoms with Crippen LogP contribution in [0.15, 0.2) is 87.8 Å². The summed E-state index contributed by atoms with van der Waals surface area (Å²) in [6, 6.07) is 23.6. The lowest BCUT2D eigenvalue weighted by Crippen LogP contribution is -2.37. The highest BCUT2D eigenvalue weighted by Gasteiger charge is 2.45. The zero-order chi connectivity index (χ0) is 26.2. The molecule has 5 rings (SSSR count). The lowest BCUT2D eigenvalue weighted by Gasteiger charge is -2.36. The van der Waals surface area contributed by atoms with Gasteiger partial charge in [0.2, 0.25) is 5.88 Å². The van der Waals surface area contributed by atoms with Gasteiger partial charge in [-0.05, 0) is 74.6 Å². The largest absolute Gasteiger partial charge is 0.481 e. The molecule has 0 spiro atoms. The van der Waals surface area contributed by atoms with E-state index in [0.29, 0.717) is 41.3 Å². The number of methoxy groups -OCH3 is 1. The molecular weight excluding hydrogens is 535 g/mol. The van der Waals surface area contributed by atoms with Gasteiger partial charge < -0.3 is 19.2 Å². The number of aromatic nitrogens is 1. The van der Waals surface area contributed by atoms with Crippen molar-refractivity contribution in [1.29, 1.82) is 0 Å². The van der Waals surface area contributed by atoms with Gasteiger partial charge in [-0.25, -0.2) is 9.37 Å². The van der Waals surface area contributed by atoms with Crippen LogP contribution in [0.4, 0.5) is 4.39 Å². The number of para-hydroxylation sites is 1. The van der Waals surface area contributed by atoms with E-state index in [1.165, 1.54) is 12.1 Å². The number of rotatable bonds is 8. The molecule has 37 heavy (non-hydrogen) atoms. The molecule has 0 amide bonds. The fraction of sp³-hybridized carbons (Fsp3) is 0.233. The Balaban J connectivity index is 1.81. The number of fused-ring (bicyclic) bond motifs is 2. The first-order valence-corrected chi connectivity index (χ1v) is 12.8. The minimum atomic E-state index is -1.55. The van der Waals surface area contributed by atoms with Crippen LogP contribution < -0.4 is 4.74 Å². The van der Waals surface area contributed by atoms with Crippen LogP contribution in [0.3, 0.4) is 0 Å². The molecule has 7 heteroatoms. The van der Waals surface area contributed by atoms with Crippen LogP contribution in [-0.4, -0.2) is 42.7 Å². The number of pyridine rings is 1. The summed E-state index contributed by atoms with van der Waals surface area (Å²) in [5.41, 5.74) is 1.11. The second-order valence-electron chi connectivity index (χ2n) is 9.54. The molecule has 1 N–H and O–H groups in total. The first-order chi connectivity index (χ1) is 17.8. The Morgan fingerprint density at radius 2 is 1.84 bits per heavy atom. The third-order valence-corrected chi connectivity index (χ3v) is 7.22. The van der Waals surface area contributed by atoms with E-state index in [1.807, 2.05) is 79.7 Å². The van der Waals surface area contributed by atoms with Crippen molar-refractivity contribution in [3.05, 3.63) is 106 Å². The third kappa shape index (κ3) is 4.99. The van der Waals surface area contributed by atoms with Gasteiger partial charge in [0.05, 0.1) is 18.5 Å². The van der Waals surface area contributed by atoms with Crippen LogP contribution >= 0.6 is 15.9 Å². The topological polar surface area (TPSA) is 58.7 Å². The summed E-state index contributed by atoms with van der Waals surface area (Å²) in [7, 11) is 5.46. The molecule has 2 unspecified atom stereocenters. The maximum atomic E-state index is 14.6. The average molecular weight is 563 g/mol. The SMILES string of the molecule is COc1nc2ccc(Br)cc2cc1C(c1cccc(F)c1)C(O)(CCN(C)C)c1cc2ccccc2o1. The average Bonchev–Trinajstić information content (AvgIpc) is 3.32. The molecular formula is C30H28BrFN2O3. The number of aliphatic hydroxyl groups is 1. The summed E-state index contributed by atoms with van der Waals surface area (Å²) < 4.78 is 27.6. The summed E-state index contributed by atoms with van der Waals surface area (Å²) in [6.45, 7) is 0.564. The van der Waals surface area contributed by atoms with E-state index in [1.54, 1.807) is 13.2 Å².